The highest BCUT2D eigenvalue weighted by atomic mass is 35.5. The number of hydrogen-bond acceptors (Lipinski definition) is 4. The van der Waals surface area contributed by atoms with Gasteiger partial charge in [0.15, 0.2) is 0 Å². The van der Waals surface area contributed by atoms with Gasteiger partial charge in [0.2, 0.25) is 0 Å². The summed E-state index contributed by atoms with van der Waals surface area (Å²) in [4.78, 5) is 1.10. The summed E-state index contributed by atoms with van der Waals surface area (Å²) in [7, 11) is 3.26. The minimum absolute atomic E-state index is 0.130. The highest BCUT2D eigenvalue weighted by molar-refractivity contribution is 7.99. The molecule has 2 aromatic carbocycles. The van der Waals surface area contributed by atoms with E-state index in [4.69, 9.17) is 26.8 Å². The summed E-state index contributed by atoms with van der Waals surface area (Å²) in [5, 5.41) is 0.732. The number of hydrogen-bond donors (Lipinski definition) is 1. The molecule has 2 aromatic rings. The normalized spacial score (nSPS) is 12.0. The van der Waals surface area contributed by atoms with Gasteiger partial charge in [-0.05, 0) is 24.3 Å². The van der Waals surface area contributed by atoms with E-state index >= 15 is 0 Å². The summed E-state index contributed by atoms with van der Waals surface area (Å²) < 4.78 is 10.6. The molecule has 112 valence electrons. The molecule has 2 rings (SSSR count). The van der Waals surface area contributed by atoms with E-state index in [-0.39, 0.29) is 6.04 Å². The molecular formula is C16H18ClNO2S. The molecule has 0 fully saturated rings. The molecule has 0 saturated heterocycles. The van der Waals surface area contributed by atoms with E-state index in [2.05, 4.69) is 0 Å². The van der Waals surface area contributed by atoms with Crippen LogP contribution in [-0.4, -0.2) is 20.0 Å². The topological polar surface area (TPSA) is 44.5 Å². The summed E-state index contributed by atoms with van der Waals surface area (Å²) >= 11 is 7.65. The molecule has 0 aliphatic carbocycles. The van der Waals surface area contributed by atoms with E-state index in [1.807, 2.05) is 42.5 Å². The molecule has 0 spiro atoms. The second-order valence-corrected chi connectivity index (χ2v) is 6.01. The van der Waals surface area contributed by atoms with E-state index in [0.29, 0.717) is 0 Å². The number of ether oxygens (including phenoxy) is 2. The first-order valence-electron chi connectivity index (χ1n) is 6.50. The van der Waals surface area contributed by atoms with Gasteiger partial charge >= 0.3 is 0 Å². The van der Waals surface area contributed by atoms with Crippen LogP contribution < -0.4 is 15.2 Å². The molecule has 0 radical (unpaired) electrons. The van der Waals surface area contributed by atoms with Crippen molar-refractivity contribution in [3.63, 3.8) is 0 Å². The molecule has 0 heterocycles. The Bertz CT molecular complexity index is 607. The average Bonchev–Trinajstić information content (AvgIpc) is 2.52. The van der Waals surface area contributed by atoms with Crippen molar-refractivity contribution >= 4 is 23.4 Å². The molecule has 0 amide bonds. The van der Waals surface area contributed by atoms with Crippen LogP contribution in [0.15, 0.2) is 47.4 Å². The fourth-order valence-electron chi connectivity index (χ4n) is 1.96. The minimum atomic E-state index is -0.130. The van der Waals surface area contributed by atoms with Gasteiger partial charge in [0, 0.05) is 33.3 Å². The lowest BCUT2D eigenvalue weighted by atomic mass is 10.1. The lowest BCUT2D eigenvalue weighted by Crippen LogP contribution is -2.14. The highest BCUT2D eigenvalue weighted by Crippen LogP contribution is 2.32. The van der Waals surface area contributed by atoms with Crippen LogP contribution in [0.5, 0.6) is 11.5 Å². The zero-order valence-corrected chi connectivity index (χ0v) is 13.6. The number of thioether (sulfide) groups is 1. The van der Waals surface area contributed by atoms with Gasteiger partial charge in [-0.25, -0.2) is 0 Å². The second-order valence-electron chi connectivity index (χ2n) is 4.48. The average molecular weight is 324 g/mol. The van der Waals surface area contributed by atoms with E-state index in [1.165, 1.54) is 0 Å². The standard InChI is InChI=1S/C16H18ClNO2S/c1-19-12-6-7-14(16(9-12)20-2)15(18)10-21-13-5-3-4-11(17)8-13/h3-9,15H,10,18H2,1-2H3. The Morgan fingerprint density at radius 3 is 2.62 bits per heavy atom. The lowest BCUT2D eigenvalue weighted by Gasteiger charge is -2.16. The molecule has 5 heteroatoms. The predicted molar refractivity (Wildman–Crippen MR) is 88.7 cm³/mol. The molecule has 3 nitrogen and oxygen atoms in total. The Morgan fingerprint density at radius 2 is 1.95 bits per heavy atom. The molecular weight excluding hydrogens is 306 g/mol. The fourth-order valence-corrected chi connectivity index (χ4v) is 3.15. The van der Waals surface area contributed by atoms with Crippen LogP contribution in [0.2, 0.25) is 5.02 Å². The first-order chi connectivity index (χ1) is 10.1. The molecule has 0 aliphatic rings. The maximum atomic E-state index is 6.27. The number of rotatable bonds is 6. The monoisotopic (exact) mass is 323 g/mol. The van der Waals surface area contributed by atoms with Crippen molar-refractivity contribution in [2.75, 3.05) is 20.0 Å². The quantitative estimate of drug-likeness (QED) is 0.811. The third kappa shape index (κ3) is 4.30. The Kier molecular flexibility index (Phi) is 5.79. The molecule has 0 aliphatic heterocycles. The lowest BCUT2D eigenvalue weighted by molar-refractivity contribution is 0.389. The van der Waals surface area contributed by atoms with E-state index in [9.17, 15) is 0 Å². The first kappa shape index (κ1) is 16.0. The zero-order chi connectivity index (χ0) is 15.2. The van der Waals surface area contributed by atoms with Crippen LogP contribution >= 0.6 is 23.4 Å². The molecule has 0 saturated carbocycles. The number of halogens is 1. The van der Waals surface area contributed by atoms with Crippen molar-refractivity contribution in [1.82, 2.24) is 0 Å². The summed E-state index contributed by atoms with van der Waals surface area (Å²) in [6.45, 7) is 0. The Hall–Kier alpha value is -1.36. The SMILES string of the molecule is COc1ccc(C(N)CSc2cccc(Cl)c2)c(OC)c1. The Balaban J connectivity index is 2.07. The van der Waals surface area contributed by atoms with Crippen molar-refractivity contribution < 1.29 is 9.47 Å². The molecule has 1 unspecified atom stereocenters. The predicted octanol–water partition coefficient (Wildman–Crippen LogP) is 4.15. The largest absolute Gasteiger partial charge is 0.497 e. The van der Waals surface area contributed by atoms with Crippen molar-refractivity contribution in [2.24, 2.45) is 5.73 Å². The minimum Gasteiger partial charge on any atom is -0.497 e. The molecule has 1 atom stereocenters. The van der Waals surface area contributed by atoms with Crippen LogP contribution in [0.3, 0.4) is 0 Å². The van der Waals surface area contributed by atoms with Gasteiger partial charge in [-0.15, -0.1) is 11.8 Å². The second kappa shape index (κ2) is 7.59. The maximum Gasteiger partial charge on any atom is 0.127 e. The summed E-state index contributed by atoms with van der Waals surface area (Å²) in [5.41, 5.74) is 7.24. The van der Waals surface area contributed by atoms with Gasteiger partial charge in [-0.2, -0.15) is 0 Å². The van der Waals surface area contributed by atoms with E-state index in [1.54, 1.807) is 26.0 Å². The van der Waals surface area contributed by atoms with Crippen molar-refractivity contribution in [3.8, 4) is 11.5 Å². The summed E-state index contributed by atoms with van der Waals surface area (Å²) in [6, 6.07) is 13.3. The van der Waals surface area contributed by atoms with Crippen LogP contribution in [0, 0.1) is 0 Å². The van der Waals surface area contributed by atoms with Gasteiger partial charge in [0.25, 0.3) is 0 Å². The number of methoxy groups -OCH3 is 2. The summed E-state index contributed by atoms with van der Waals surface area (Å²) in [5.74, 6) is 2.24. The molecule has 2 N–H and O–H groups in total. The first-order valence-corrected chi connectivity index (χ1v) is 7.86. The smallest absolute Gasteiger partial charge is 0.127 e. The van der Waals surface area contributed by atoms with Gasteiger partial charge < -0.3 is 15.2 Å². The van der Waals surface area contributed by atoms with Gasteiger partial charge in [-0.3, -0.25) is 0 Å². The third-order valence-electron chi connectivity index (χ3n) is 3.07. The van der Waals surface area contributed by atoms with Crippen LogP contribution in [0.4, 0.5) is 0 Å². The van der Waals surface area contributed by atoms with Gasteiger partial charge in [-0.1, -0.05) is 23.7 Å². The number of nitrogens with two attached hydrogens (primary N) is 1. The highest BCUT2D eigenvalue weighted by Gasteiger charge is 2.13. The molecule has 0 aromatic heterocycles. The van der Waals surface area contributed by atoms with Crippen LogP contribution in [-0.2, 0) is 0 Å². The van der Waals surface area contributed by atoms with Crippen molar-refractivity contribution in [1.29, 1.82) is 0 Å². The number of benzene rings is 2. The molecule has 0 bridgehead atoms. The van der Waals surface area contributed by atoms with E-state index < -0.39 is 0 Å². The van der Waals surface area contributed by atoms with Gasteiger partial charge in [0.1, 0.15) is 11.5 Å². The zero-order valence-electron chi connectivity index (χ0n) is 12.0. The maximum absolute atomic E-state index is 6.27. The Morgan fingerprint density at radius 1 is 1.14 bits per heavy atom. The van der Waals surface area contributed by atoms with Crippen LogP contribution in [0.25, 0.3) is 0 Å². The van der Waals surface area contributed by atoms with Crippen LogP contribution in [0.1, 0.15) is 11.6 Å². The third-order valence-corrected chi connectivity index (χ3v) is 4.41. The van der Waals surface area contributed by atoms with E-state index in [0.717, 1.165) is 32.7 Å². The van der Waals surface area contributed by atoms with Gasteiger partial charge in [0.05, 0.1) is 14.2 Å². The fraction of sp³-hybridized carbons (Fsp3) is 0.250. The van der Waals surface area contributed by atoms with Crippen molar-refractivity contribution in [2.45, 2.75) is 10.9 Å². The summed E-state index contributed by atoms with van der Waals surface area (Å²) in [6.07, 6.45) is 0. The molecule has 21 heavy (non-hydrogen) atoms. The van der Waals surface area contributed by atoms with Crippen molar-refractivity contribution in [3.05, 3.63) is 53.1 Å². The Labute approximate surface area is 134 Å².